The van der Waals surface area contributed by atoms with Crippen molar-refractivity contribution in [1.82, 2.24) is 4.90 Å². The maximum atomic E-state index is 13.1. The van der Waals surface area contributed by atoms with E-state index in [1.54, 1.807) is 42.5 Å². The van der Waals surface area contributed by atoms with E-state index >= 15 is 0 Å². The first kappa shape index (κ1) is 17.7. The lowest BCUT2D eigenvalue weighted by molar-refractivity contribution is 0.0641. The summed E-state index contributed by atoms with van der Waals surface area (Å²) in [6, 6.07) is 14.1. The number of carboxylic acid groups (broad SMARTS) is 1. The molecule has 126 valence electrons. The van der Waals surface area contributed by atoms with E-state index in [2.05, 4.69) is 0 Å². The molecular weight excluding hydrogens is 302 g/mol. The minimum absolute atomic E-state index is 0.0558. The van der Waals surface area contributed by atoms with Gasteiger partial charge in [0.1, 0.15) is 0 Å². The van der Waals surface area contributed by atoms with Crippen molar-refractivity contribution in [2.24, 2.45) is 0 Å². The monoisotopic (exact) mass is 325 g/mol. The molecule has 0 heterocycles. The Morgan fingerprint density at radius 2 is 1.21 bits per heavy atom. The molecular formula is C20H23NO3. The Hall–Kier alpha value is -2.62. The number of aromatic carboxylic acids is 1. The summed E-state index contributed by atoms with van der Waals surface area (Å²) in [5, 5.41) is 9.45. The SMILES string of the molecule is CC(C)N(C(=O)c1ccccc1-c1ccccc1C(=O)O)C(C)C. The Morgan fingerprint density at radius 3 is 1.67 bits per heavy atom. The van der Waals surface area contributed by atoms with Crippen molar-refractivity contribution >= 4 is 11.9 Å². The molecule has 0 aromatic heterocycles. The molecule has 0 aliphatic heterocycles. The molecule has 4 nitrogen and oxygen atoms in total. The molecule has 24 heavy (non-hydrogen) atoms. The van der Waals surface area contributed by atoms with Gasteiger partial charge in [0, 0.05) is 17.6 Å². The first-order chi connectivity index (χ1) is 11.3. The fourth-order valence-electron chi connectivity index (χ4n) is 3.01. The maximum absolute atomic E-state index is 13.1. The van der Waals surface area contributed by atoms with Crippen molar-refractivity contribution in [2.75, 3.05) is 0 Å². The Labute approximate surface area is 142 Å². The van der Waals surface area contributed by atoms with Gasteiger partial charge in [0.25, 0.3) is 5.91 Å². The minimum atomic E-state index is -1.00. The molecule has 0 unspecified atom stereocenters. The second kappa shape index (κ2) is 7.30. The first-order valence-corrected chi connectivity index (χ1v) is 8.09. The molecule has 0 atom stereocenters. The largest absolute Gasteiger partial charge is 0.478 e. The van der Waals surface area contributed by atoms with E-state index in [0.29, 0.717) is 16.7 Å². The van der Waals surface area contributed by atoms with Crippen molar-refractivity contribution in [2.45, 2.75) is 39.8 Å². The third-order valence-electron chi connectivity index (χ3n) is 3.95. The highest BCUT2D eigenvalue weighted by Gasteiger charge is 2.25. The average molecular weight is 325 g/mol. The molecule has 2 aromatic carbocycles. The number of amides is 1. The molecule has 0 radical (unpaired) electrons. The molecule has 0 fully saturated rings. The van der Waals surface area contributed by atoms with Gasteiger partial charge in [-0.25, -0.2) is 4.79 Å². The van der Waals surface area contributed by atoms with E-state index in [-0.39, 0.29) is 23.6 Å². The molecule has 2 aromatic rings. The average Bonchev–Trinajstić information content (AvgIpc) is 2.54. The number of hydrogen-bond donors (Lipinski definition) is 1. The van der Waals surface area contributed by atoms with E-state index < -0.39 is 5.97 Å². The van der Waals surface area contributed by atoms with Crippen molar-refractivity contribution in [3.63, 3.8) is 0 Å². The van der Waals surface area contributed by atoms with Gasteiger partial charge in [0.2, 0.25) is 0 Å². The Bertz CT molecular complexity index is 742. The van der Waals surface area contributed by atoms with Crippen molar-refractivity contribution in [1.29, 1.82) is 0 Å². The summed E-state index contributed by atoms with van der Waals surface area (Å²) in [5.41, 5.74) is 1.92. The molecule has 0 spiro atoms. The number of rotatable bonds is 5. The lowest BCUT2D eigenvalue weighted by Gasteiger charge is -2.31. The van der Waals surface area contributed by atoms with Crippen molar-refractivity contribution < 1.29 is 14.7 Å². The molecule has 1 amide bonds. The van der Waals surface area contributed by atoms with E-state index in [4.69, 9.17) is 0 Å². The van der Waals surface area contributed by atoms with Gasteiger partial charge >= 0.3 is 5.97 Å². The first-order valence-electron chi connectivity index (χ1n) is 8.09. The lowest BCUT2D eigenvalue weighted by Crippen LogP contribution is -2.42. The van der Waals surface area contributed by atoms with Crippen LogP contribution in [0.5, 0.6) is 0 Å². The zero-order chi connectivity index (χ0) is 17.9. The highest BCUT2D eigenvalue weighted by atomic mass is 16.4. The number of carboxylic acids is 1. The quantitative estimate of drug-likeness (QED) is 0.891. The minimum Gasteiger partial charge on any atom is -0.478 e. The van der Waals surface area contributed by atoms with Gasteiger partial charge in [-0.1, -0.05) is 36.4 Å². The fourth-order valence-corrected chi connectivity index (χ4v) is 3.01. The molecule has 0 bridgehead atoms. The van der Waals surface area contributed by atoms with Crippen LogP contribution in [0.2, 0.25) is 0 Å². The van der Waals surface area contributed by atoms with Crippen LogP contribution in [0.4, 0.5) is 0 Å². The van der Waals surface area contributed by atoms with Gasteiger partial charge < -0.3 is 10.0 Å². The van der Waals surface area contributed by atoms with E-state index in [9.17, 15) is 14.7 Å². The van der Waals surface area contributed by atoms with Gasteiger partial charge in [0.05, 0.1) is 5.56 Å². The van der Waals surface area contributed by atoms with Crippen LogP contribution in [0.1, 0.15) is 48.4 Å². The van der Waals surface area contributed by atoms with Gasteiger partial charge in [-0.05, 0) is 51.0 Å². The predicted octanol–water partition coefficient (Wildman–Crippen LogP) is 4.31. The van der Waals surface area contributed by atoms with Crippen LogP contribution in [0.25, 0.3) is 11.1 Å². The number of benzene rings is 2. The Morgan fingerprint density at radius 1 is 0.792 bits per heavy atom. The van der Waals surface area contributed by atoms with Crippen LogP contribution < -0.4 is 0 Å². The summed E-state index contributed by atoms with van der Waals surface area (Å²) in [6.07, 6.45) is 0. The zero-order valence-electron chi connectivity index (χ0n) is 14.5. The number of carbonyl (C=O) groups excluding carboxylic acids is 1. The van der Waals surface area contributed by atoms with Gasteiger partial charge in [0.15, 0.2) is 0 Å². The number of hydrogen-bond acceptors (Lipinski definition) is 2. The Balaban J connectivity index is 2.61. The van der Waals surface area contributed by atoms with Crippen LogP contribution in [0.3, 0.4) is 0 Å². The highest BCUT2D eigenvalue weighted by Crippen LogP contribution is 2.29. The normalized spacial score (nSPS) is 10.9. The topological polar surface area (TPSA) is 57.6 Å². The highest BCUT2D eigenvalue weighted by molar-refractivity contribution is 6.04. The van der Waals surface area contributed by atoms with Gasteiger partial charge in [-0.3, -0.25) is 4.79 Å². The maximum Gasteiger partial charge on any atom is 0.336 e. The van der Waals surface area contributed by atoms with Crippen LogP contribution in [-0.2, 0) is 0 Å². The summed E-state index contributed by atoms with van der Waals surface area (Å²) < 4.78 is 0. The van der Waals surface area contributed by atoms with E-state index in [1.807, 2.05) is 38.7 Å². The van der Waals surface area contributed by atoms with E-state index in [0.717, 1.165) is 0 Å². The Kier molecular flexibility index (Phi) is 5.39. The summed E-state index contributed by atoms with van der Waals surface area (Å²) in [5.74, 6) is -1.09. The summed E-state index contributed by atoms with van der Waals surface area (Å²) in [4.78, 5) is 26.4. The second-order valence-electron chi connectivity index (χ2n) is 6.30. The van der Waals surface area contributed by atoms with Crippen LogP contribution in [-0.4, -0.2) is 34.0 Å². The second-order valence-corrected chi connectivity index (χ2v) is 6.30. The number of carbonyl (C=O) groups is 2. The zero-order valence-corrected chi connectivity index (χ0v) is 14.5. The van der Waals surface area contributed by atoms with Crippen LogP contribution in [0.15, 0.2) is 48.5 Å². The smallest absolute Gasteiger partial charge is 0.336 e. The van der Waals surface area contributed by atoms with Crippen LogP contribution in [0, 0.1) is 0 Å². The van der Waals surface area contributed by atoms with Gasteiger partial charge in [-0.15, -0.1) is 0 Å². The molecule has 0 aliphatic rings. The van der Waals surface area contributed by atoms with Gasteiger partial charge in [-0.2, -0.15) is 0 Å². The number of nitrogens with zero attached hydrogens (tertiary/aromatic N) is 1. The fraction of sp³-hybridized carbons (Fsp3) is 0.300. The standard InChI is InChI=1S/C20H23NO3/c1-13(2)21(14(3)4)19(22)17-11-7-5-9-15(17)16-10-6-8-12-18(16)20(23)24/h5-14H,1-4H3,(H,23,24). The molecule has 2 rings (SSSR count). The summed E-state index contributed by atoms with van der Waals surface area (Å²) in [6.45, 7) is 7.91. The van der Waals surface area contributed by atoms with E-state index in [1.165, 1.54) is 0 Å². The summed E-state index contributed by atoms with van der Waals surface area (Å²) in [7, 11) is 0. The third-order valence-corrected chi connectivity index (χ3v) is 3.95. The predicted molar refractivity (Wildman–Crippen MR) is 95.3 cm³/mol. The molecule has 4 heteroatoms. The molecule has 0 saturated carbocycles. The molecule has 0 aliphatic carbocycles. The lowest BCUT2D eigenvalue weighted by atomic mass is 9.94. The van der Waals surface area contributed by atoms with Crippen LogP contribution >= 0.6 is 0 Å². The molecule has 0 saturated heterocycles. The molecule has 1 N–H and O–H groups in total. The summed E-state index contributed by atoms with van der Waals surface area (Å²) >= 11 is 0. The third kappa shape index (κ3) is 3.48. The van der Waals surface area contributed by atoms with Crippen molar-refractivity contribution in [3.8, 4) is 11.1 Å². The van der Waals surface area contributed by atoms with Crippen molar-refractivity contribution in [3.05, 3.63) is 59.7 Å².